The van der Waals surface area contributed by atoms with Gasteiger partial charge in [-0.05, 0) is 38.4 Å². The molecule has 0 aliphatic rings. The van der Waals surface area contributed by atoms with Gasteiger partial charge in [0.2, 0.25) is 0 Å². The van der Waals surface area contributed by atoms with Crippen molar-refractivity contribution in [3.63, 3.8) is 0 Å². The van der Waals surface area contributed by atoms with Gasteiger partial charge in [-0.25, -0.2) is 0 Å². The predicted molar refractivity (Wildman–Crippen MR) is 83.3 cm³/mol. The third-order valence-corrected chi connectivity index (χ3v) is 4.24. The van der Waals surface area contributed by atoms with Crippen molar-refractivity contribution >= 4 is 11.8 Å². The van der Waals surface area contributed by atoms with Gasteiger partial charge in [-0.3, -0.25) is 0 Å². The molecule has 0 aromatic heterocycles. The second-order valence-corrected chi connectivity index (χ2v) is 5.63. The first kappa shape index (κ1) is 15.3. The van der Waals surface area contributed by atoms with Crippen LogP contribution in [0.15, 0.2) is 47.9 Å². The van der Waals surface area contributed by atoms with Gasteiger partial charge in [0.1, 0.15) is 0 Å². The molecule has 0 aliphatic heterocycles. The molecule has 0 radical (unpaired) electrons. The van der Waals surface area contributed by atoms with Gasteiger partial charge >= 0.3 is 0 Å². The first-order valence-corrected chi connectivity index (χ1v) is 7.81. The summed E-state index contributed by atoms with van der Waals surface area (Å²) in [5.74, 6) is 1.15. The van der Waals surface area contributed by atoms with E-state index in [0.717, 1.165) is 12.2 Å². The largest absolute Gasteiger partial charge is 0.316 e. The van der Waals surface area contributed by atoms with Gasteiger partial charge in [-0.15, -0.1) is 18.3 Å². The molecule has 1 aromatic rings. The van der Waals surface area contributed by atoms with Gasteiger partial charge in [0, 0.05) is 16.7 Å². The van der Waals surface area contributed by atoms with Gasteiger partial charge in [-0.2, -0.15) is 0 Å². The number of rotatable bonds is 10. The first-order chi connectivity index (χ1) is 8.86. The second kappa shape index (κ2) is 10.2. The number of nitrogens with one attached hydrogen (secondary N) is 1. The molecule has 100 valence electrons. The third-order valence-electron chi connectivity index (χ3n) is 3.06. The Labute approximate surface area is 116 Å². The summed E-state index contributed by atoms with van der Waals surface area (Å²) in [5.41, 5.74) is 0. The first-order valence-electron chi connectivity index (χ1n) is 6.83. The van der Waals surface area contributed by atoms with Crippen molar-refractivity contribution in [3.05, 3.63) is 43.0 Å². The molecular weight excluding hydrogens is 238 g/mol. The zero-order chi connectivity index (χ0) is 13.1. The molecule has 1 atom stereocenters. The van der Waals surface area contributed by atoms with Crippen LogP contribution in [0, 0.1) is 0 Å². The molecule has 0 spiro atoms. The van der Waals surface area contributed by atoms with Crippen LogP contribution in [0.1, 0.15) is 32.1 Å². The van der Waals surface area contributed by atoms with Crippen LogP contribution in [-0.2, 0) is 0 Å². The fourth-order valence-corrected chi connectivity index (χ4v) is 2.96. The van der Waals surface area contributed by atoms with Crippen molar-refractivity contribution < 1.29 is 0 Å². The van der Waals surface area contributed by atoms with Crippen molar-refractivity contribution in [1.82, 2.24) is 5.32 Å². The summed E-state index contributed by atoms with van der Waals surface area (Å²) in [5, 5.41) is 3.42. The number of unbranched alkanes of at least 4 members (excludes halogenated alkanes) is 3. The minimum Gasteiger partial charge on any atom is -0.316 e. The van der Waals surface area contributed by atoms with Crippen molar-refractivity contribution in [2.45, 2.75) is 43.0 Å². The highest BCUT2D eigenvalue weighted by atomic mass is 32.2. The third kappa shape index (κ3) is 6.87. The van der Waals surface area contributed by atoms with Crippen molar-refractivity contribution in [2.75, 3.05) is 12.8 Å². The molecule has 18 heavy (non-hydrogen) atoms. The fourth-order valence-electron chi connectivity index (χ4n) is 1.88. The smallest absolute Gasteiger partial charge is 0.0158 e. The number of hydrogen-bond donors (Lipinski definition) is 1. The van der Waals surface area contributed by atoms with Crippen LogP contribution in [0.25, 0.3) is 0 Å². The molecule has 0 fully saturated rings. The summed E-state index contributed by atoms with van der Waals surface area (Å²) in [4.78, 5) is 1.37. The number of thioether (sulfide) groups is 1. The van der Waals surface area contributed by atoms with E-state index in [1.54, 1.807) is 0 Å². The molecule has 1 rings (SSSR count). The van der Waals surface area contributed by atoms with Crippen LogP contribution < -0.4 is 5.32 Å². The van der Waals surface area contributed by atoms with Gasteiger partial charge < -0.3 is 5.32 Å². The summed E-state index contributed by atoms with van der Waals surface area (Å²) < 4.78 is 0. The topological polar surface area (TPSA) is 12.0 Å². The molecule has 0 saturated carbocycles. The Morgan fingerprint density at radius 2 is 2.00 bits per heavy atom. The monoisotopic (exact) mass is 263 g/mol. The van der Waals surface area contributed by atoms with Crippen LogP contribution in [0.2, 0.25) is 0 Å². The summed E-state index contributed by atoms with van der Waals surface area (Å²) >= 11 is 1.94. The highest BCUT2D eigenvalue weighted by Gasteiger charge is 2.06. The zero-order valence-electron chi connectivity index (χ0n) is 11.4. The van der Waals surface area contributed by atoms with Crippen molar-refractivity contribution in [3.8, 4) is 0 Å². The Kier molecular flexibility index (Phi) is 8.70. The molecular formula is C16H25NS. The van der Waals surface area contributed by atoms with Gasteiger partial charge in [0.25, 0.3) is 0 Å². The lowest BCUT2D eigenvalue weighted by molar-refractivity contribution is 0.526. The Balaban J connectivity index is 2.15. The maximum atomic E-state index is 3.76. The van der Waals surface area contributed by atoms with Gasteiger partial charge in [-0.1, -0.05) is 37.1 Å². The Bertz CT molecular complexity index is 310. The molecule has 1 unspecified atom stereocenters. The minimum atomic E-state index is 0.624. The van der Waals surface area contributed by atoms with Gasteiger partial charge in [0.05, 0.1) is 0 Å². The molecule has 1 N–H and O–H groups in total. The standard InChI is InChI=1S/C16H25NS/c1-3-4-5-6-8-11-15(17-2)14-18-16-12-9-7-10-13-16/h3,7,9-10,12-13,15,17H,1,4-6,8,11,14H2,2H3. The van der Waals surface area contributed by atoms with E-state index in [0.29, 0.717) is 6.04 Å². The maximum Gasteiger partial charge on any atom is 0.0158 e. The quantitative estimate of drug-likeness (QED) is 0.379. The average Bonchev–Trinajstić information content (AvgIpc) is 2.43. The molecule has 0 bridgehead atoms. The number of allylic oxidation sites excluding steroid dienone is 1. The number of benzene rings is 1. The lowest BCUT2D eigenvalue weighted by Gasteiger charge is -2.15. The van der Waals surface area contributed by atoms with E-state index in [1.165, 1.54) is 30.6 Å². The molecule has 0 amide bonds. The molecule has 0 saturated heterocycles. The molecule has 0 heterocycles. The Hall–Kier alpha value is -0.730. The van der Waals surface area contributed by atoms with E-state index in [1.807, 2.05) is 17.8 Å². The highest BCUT2D eigenvalue weighted by Crippen LogP contribution is 2.19. The average molecular weight is 263 g/mol. The van der Waals surface area contributed by atoms with E-state index in [-0.39, 0.29) is 0 Å². The van der Waals surface area contributed by atoms with Crippen molar-refractivity contribution in [1.29, 1.82) is 0 Å². The number of hydrogen-bond acceptors (Lipinski definition) is 2. The Morgan fingerprint density at radius 3 is 2.67 bits per heavy atom. The lowest BCUT2D eigenvalue weighted by Crippen LogP contribution is -2.27. The lowest BCUT2D eigenvalue weighted by atomic mass is 10.1. The summed E-state index contributed by atoms with van der Waals surface area (Å²) in [6.07, 6.45) is 8.36. The normalized spacial score (nSPS) is 12.3. The predicted octanol–water partition coefficient (Wildman–Crippen LogP) is 4.50. The maximum absolute atomic E-state index is 3.76. The zero-order valence-corrected chi connectivity index (χ0v) is 12.2. The van der Waals surface area contributed by atoms with Crippen LogP contribution in [-0.4, -0.2) is 18.8 Å². The second-order valence-electron chi connectivity index (χ2n) is 4.54. The molecule has 2 heteroatoms. The SMILES string of the molecule is C=CCCCCCC(CSc1ccccc1)NC. The minimum absolute atomic E-state index is 0.624. The van der Waals surface area contributed by atoms with E-state index < -0.39 is 0 Å². The summed E-state index contributed by atoms with van der Waals surface area (Å²) in [6, 6.07) is 11.3. The van der Waals surface area contributed by atoms with Crippen LogP contribution in [0.4, 0.5) is 0 Å². The molecule has 1 aromatic carbocycles. The van der Waals surface area contributed by atoms with Crippen LogP contribution in [0.3, 0.4) is 0 Å². The van der Waals surface area contributed by atoms with Crippen LogP contribution in [0.5, 0.6) is 0 Å². The van der Waals surface area contributed by atoms with E-state index >= 15 is 0 Å². The van der Waals surface area contributed by atoms with Crippen molar-refractivity contribution in [2.24, 2.45) is 0 Å². The fraction of sp³-hybridized carbons (Fsp3) is 0.500. The Morgan fingerprint density at radius 1 is 1.22 bits per heavy atom. The molecule has 1 nitrogen and oxygen atoms in total. The van der Waals surface area contributed by atoms with E-state index in [9.17, 15) is 0 Å². The van der Waals surface area contributed by atoms with Gasteiger partial charge in [0.15, 0.2) is 0 Å². The summed E-state index contributed by atoms with van der Waals surface area (Å²) in [7, 11) is 2.07. The molecule has 0 aliphatic carbocycles. The highest BCUT2D eigenvalue weighted by molar-refractivity contribution is 7.99. The van der Waals surface area contributed by atoms with Crippen LogP contribution >= 0.6 is 11.8 Å². The van der Waals surface area contributed by atoms with E-state index in [2.05, 4.69) is 49.3 Å². The summed E-state index contributed by atoms with van der Waals surface area (Å²) in [6.45, 7) is 3.76. The van der Waals surface area contributed by atoms with E-state index in [4.69, 9.17) is 0 Å².